The average molecular weight is 1140 g/mol. The van der Waals surface area contributed by atoms with Crippen LogP contribution in [0, 0.1) is 23.7 Å². The lowest BCUT2D eigenvalue weighted by Gasteiger charge is -2.54. The van der Waals surface area contributed by atoms with E-state index in [2.05, 4.69) is 40.9 Å². The highest BCUT2D eigenvalue weighted by molar-refractivity contribution is 5.79. The summed E-state index contributed by atoms with van der Waals surface area (Å²) in [5.74, 6) is -2.84. The predicted octanol–water partition coefficient (Wildman–Crippen LogP) is 6.18. The van der Waals surface area contributed by atoms with E-state index in [1.54, 1.807) is 7.11 Å². The van der Waals surface area contributed by atoms with Crippen molar-refractivity contribution in [1.29, 1.82) is 0 Å². The smallest absolute Gasteiger partial charge is 0.308 e. The lowest BCUT2D eigenvalue weighted by atomic mass is 9.78. The lowest BCUT2D eigenvalue weighted by Crippen LogP contribution is -2.62. The van der Waals surface area contributed by atoms with Crippen LogP contribution in [0.4, 0.5) is 0 Å². The van der Waals surface area contributed by atoms with Crippen molar-refractivity contribution in [3.05, 3.63) is 24.3 Å². The maximum absolute atomic E-state index is 14.6. The van der Waals surface area contributed by atoms with Gasteiger partial charge in [0.2, 0.25) is 0 Å². The van der Waals surface area contributed by atoms with E-state index in [0.717, 1.165) is 49.7 Å². The van der Waals surface area contributed by atoms with Crippen molar-refractivity contribution in [2.75, 3.05) is 13.7 Å². The first kappa shape index (κ1) is 55.6. The number of aliphatic hydroxyl groups excluding tert-OH is 1. The van der Waals surface area contributed by atoms with Crippen LogP contribution in [0.25, 0.3) is 0 Å². The molecule has 1 N–H and O–H groups in total. The highest BCUT2D eigenvalue weighted by Crippen LogP contribution is 2.58. The van der Waals surface area contributed by atoms with Crippen molar-refractivity contribution in [2.45, 2.75) is 314 Å². The zero-order valence-electron chi connectivity index (χ0n) is 48.0. The summed E-state index contributed by atoms with van der Waals surface area (Å²) in [6.45, 7) is 18.2. The van der Waals surface area contributed by atoms with Crippen molar-refractivity contribution in [3.8, 4) is 0 Å². The quantitative estimate of drug-likeness (QED) is 0.241. The number of hydrogen-bond acceptors (Lipinski definition) is 19. The number of ketones is 1. The number of hydrogen-bond donors (Lipinski definition) is 1. The molecule has 0 radical (unpaired) electrons. The van der Waals surface area contributed by atoms with Gasteiger partial charge >= 0.3 is 5.97 Å². The summed E-state index contributed by atoms with van der Waals surface area (Å²) < 4.78 is 109. The van der Waals surface area contributed by atoms with Crippen molar-refractivity contribution < 1.29 is 90.5 Å². The van der Waals surface area contributed by atoms with E-state index >= 15 is 0 Å². The molecule has 31 atom stereocenters. The Kier molecular flexibility index (Phi) is 14.5. The van der Waals surface area contributed by atoms with Gasteiger partial charge in [0, 0.05) is 83.7 Å². The Morgan fingerprint density at radius 2 is 1.22 bits per heavy atom. The van der Waals surface area contributed by atoms with Crippen LogP contribution >= 0.6 is 0 Å². The number of esters is 1. The van der Waals surface area contributed by atoms with Crippen LogP contribution in [-0.2, 0) is 85.4 Å². The molecule has 16 rings (SSSR count). The van der Waals surface area contributed by atoms with Gasteiger partial charge in [0.05, 0.1) is 123 Å². The molecule has 0 aromatic carbocycles. The SMILES string of the molecule is C=C1C[C@@H]2CC[C@@]34C[C@H]5O[C@H]6[C@@H](O3)[C@H]3O[C@H](CC[C@@H]3O[C@H]6[C@H]5O4)CC(=O)O[C@@H]3[C@@H](C)[C@@H]4O[C@@H]5C[C@]6(C[C@@H]7O[C@]8(C[C@H](C)[C@@H]9O[C@H](CC(=O)CCOC)[C@H](O)C[C@@H]9O8)C[C@H](C)[C@@H]7O6)O[C@@H]5C[C@@H]4O[C@H]3C[C@H]3O[C@@H](CC[C@@H]1O2)C[C@@H](C)C3=C. The van der Waals surface area contributed by atoms with E-state index in [1.807, 2.05) is 0 Å². The van der Waals surface area contributed by atoms with Gasteiger partial charge in [0.25, 0.3) is 0 Å². The topological polar surface area (TPSA) is 202 Å². The van der Waals surface area contributed by atoms with Gasteiger partial charge < -0.3 is 80.9 Å². The summed E-state index contributed by atoms with van der Waals surface area (Å²) in [7, 11) is 1.58. The number of ether oxygens (including phenoxy) is 16. The van der Waals surface area contributed by atoms with Crippen molar-refractivity contribution in [2.24, 2.45) is 23.7 Å². The molecule has 0 saturated carbocycles. The Morgan fingerprint density at radius 3 is 2.07 bits per heavy atom. The van der Waals surface area contributed by atoms with Gasteiger partial charge in [-0.1, -0.05) is 40.9 Å². The molecule has 16 aliphatic heterocycles. The Labute approximate surface area is 475 Å². The van der Waals surface area contributed by atoms with Gasteiger partial charge in [-0.15, -0.1) is 0 Å². The van der Waals surface area contributed by atoms with Crippen LogP contribution in [0.2, 0.25) is 0 Å². The van der Waals surface area contributed by atoms with Crippen LogP contribution < -0.4 is 0 Å². The second-order valence-electron chi connectivity index (χ2n) is 28.0. The third kappa shape index (κ3) is 9.92. The minimum Gasteiger partial charge on any atom is -0.459 e. The molecular weight excluding hydrogens is 1050 g/mol. The number of rotatable bonds is 5. The molecular formula is C62H88O19. The molecule has 81 heavy (non-hydrogen) atoms. The highest BCUT2D eigenvalue weighted by Gasteiger charge is 2.70. The number of carbonyl (C=O) groups is 2. The Hall–Kier alpha value is -2.02. The maximum atomic E-state index is 14.6. The van der Waals surface area contributed by atoms with E-state index in [4.69, 9.17) is 75.8 Å². The van der Waals surface area contributed by atoms with Crippen LogP contribution in [0.15, 0.2) is 24.3 Å². The molecule has 16 aliphatic rings. The molecule has 19 nitrogen and oxygen atoms in total. The average Bonchev–Trinajstić information content (AvgIpc) is 4.41. The van der Waals surface area contributed by atoms with E-state index in [9.17, 15) is 14.7 Å². The standard InChI is InChI=1S/C62H88O19/c1-28-16-35-8-10-39-29(2)17-37(67-39)12-14-60-26-48-56(80-60)57-58(74-48)59(81-60)55-40(71-57)11-9-36(69-55)19-50(65)75-54-33(6)53-45(70-44(54)21-41(68-35)32(28)5)22-43-47(73-53)25-62(76-43)27-49-52(79-62)31(4)24-61(78-49)23-30(3)51-46(77-61)20-38(64)42(72-51)18-34(63)13-15-66-7/h28,30-31,33,35-49,51-59,64H,2,5,8-27H2,1,3-4,6-7H3/t28-,30+,31+,33+,35+,36-,37+,38-,39+,40+,41-,42-,43-,44+,45+,46+,47-,48-,49+,51+,52+,53+,54-,55+,56+,57+,58-,59+,60+,61-,62+/m1/s1. The van der Waals surface area contributed by atoms with Gasteiger partial charge in [-0.25, -0.2) is 0 Å². The first-order chi connectivity index (χ1) is 39.0. The molecule has 0 unspecified atom stereocenters. The van der Waals surface area contributed by atoms with Gasteiger partial charge in [-0.3, -0.25) is 9.59 Å². The minimum atomic E-state index is -0.931. The first-order valence-electron chi connectivity index (χ1n) is 31.5. The summed E-state index contributed by atoms with van der Waals surface area (Å²) in [6.07, 6.45) is 3.28. The Morgan fingerprint density at radius 1 is 0.543 bits per heavy atom. The number of Topliss-reactive ketones (excluding diaryl/α,β-unsaturated/α-hetero) is 1. The molecule has 3 spiro atoms. The van der Waals surface area contributed by atoms with E-state index < -0.39 is 60.1 Å². The molecule has 12 bridgehead atoms. The molecule has 450 valence electrons. The second kappa shape index (κ2) is 21.1. The fourth-order valence-electron chi connectivity index (χ4n) is 18.3. The van der Waals surface area contributed by atoms with Gasteiger partial charge in [0.15, 0.2) is 17.4 Å². The fourth-order valence-corrected chi connectivity index (χ4v) is 18.3. The number of methoxy groups -OCH3 is 1. The monoisotopic (exact) mass is 1140 g/mol. The summed E-state index contributed by atoms with van der Waals surface area (Å²) >= 11 is 0. The van der Waals surface area contributed by atoms with Gasteiger partial charge in [-0.05, 0) is 73.8 Å². The number of fused-ring (bicyclic) bond motifs is 10. The largest absolute Gasteiger partial charge is 0.459 e. The number of carbonyl (C=O) groups excluding carboxylic acids is 2. The Balaban J connectivity index is 0.647. The third-order valence-electron chi connectivity index (χ3n) is 22.2. The molecule has 16 saturated heterocycles. The molecule has 19 heteroatoms. The zero-order valence-corrected chi connectivity index (χ0v) is 48.0. The normalized spacial score (nSPS) is 56.3. The molecule has 0 aliphatic carbocycles. The Bertz CT molecular complexity index is 2430. The van der Waals surface area contributed by atoms with E-state index in [0.29, 0.717) is 70.8 Å². The summed E-state index contributed by atoms with van der Waals surface area (Å²) in [6, 6.07) is 0. The molecule has 0 aromatic heterocycles. The van der Waals surface area contributed by atoms with Gasteiger partial charge in [0.1, 0.15) is 42.4 Å². The molecule has 0 amide bonds. The number of aliphatic hydroxyl groups is 1. The third-order valence-corrected chi connectivity index (χ3v) is 22.2. The van der Waals surface area contributed by atoms with Crippen LogP contribution in [0.3, 0.4) is 0 Å². The predicted molar refractivity (Wildman–Crippen MR) is 282 cm³/mol. The first-order valence-corrected chi connectivity index (χ1v) is 31.5. The summed E-state index contributed by atoms with van der Waals surface area (Å²) in [5.41, 5.74) is 2.15. The molecule has 0 aromatic rings. The van der Waals surface area contributed by atoms with Crippen molar-refractivity contribution in [1.82, 2.24) is 0 Å². The van der Waals surface area contributed by atoms with Crippen LogP contribution in [-0.4, -0.2) is 194 Å². The molecule has 16 heterocycles. The minimum absolute atomic E-state index is 0.0118. The maximum Gasteiger partial charge on any atom is 0.308 e. The summed E-state index contributed by atoms with van der Waals surface area (Å²) in [4.78, 5) is 27.3. The van der Waals surface area contributed by atoms with Crippen LogP contribution in [0.5, 0.6) is 0 Å². The second-order valence-corrected chi connectivity index (χ2v) is 28.0. The van der Waals surface area contributed by atoms with E-state index in [-0.39, 0.29) is 158 Å². The lowest BCUT2D eigenvalue weighted by molar-refractivity contribution is -0.371. The fraction of sp³-hybridized carbons (Fsp3) is 0.903. The van der Waals surface area contributed by atoms with Crippen molar-refractivity contribution in [3.63, 3.8) is 0 Å². The zero-order chi connectivity index (χ0) is 55.4. The van der Waals surface area contributed by atoms with E-state index in [1.165, 1.54) is 0 Å². The molecule has 16 fully saturated rings. The van der Waals surface area contributed by atoms with Gasteiger partial charge in [-0.2, -0.15) is 0 Å². The summed E-state index contributed by atoms with van der Waals surface area (Å²) in [5, 5.41) is 11.2. The highest BCUT2D eigenvalue weighted by atomic mass is 16.8. The van der Waals surface area contributed by atoms with Crippen LogP contribution in [0.1, 0.15) is 150 Å². The van der Waals surface area contributed by atoms with Crippen molar-refractivity contribution >= 4 is 11.8 Å².